The lowest BCUT2D eigenvalue weighted by molar-refractivity contribution is 1.29. The summed E-state index contributed by atoms with van der Waals surface area (Å²) in [5.41, 5.74) is 8.15. The number of hydrogen-bond donors (Lipinski definition) is 0. The van der Waals surface area contributed by atoms with E-state index in [0.29, 0.717) is 0 Å². The molecule has 9 aromatic rings. The molecular weight excluding hydrogens is 541 g/mol. The number of thiophene rings is 1. The summed E-state index contributed by atoms with van der Waals surface area (Å²) in [5.74, 6) is 0. The molecule has 3 heteroatoms. The molecule has 0 fully saturated rings. The van der Waals surface area contributed by atoms with E-state index in [1.54, 1.807) is 0 Å². The van der Waals surface area contributed by atoms with Crippen LogP contribution >= 0.6 is 11.3 Å². The van der Waals surface area contributed by atoms with Crippen molar-refractivity contribution >= 4 is 64.1 Å². The Bertz CT molecular complexity index is 2510. The first-order valence-electron chi connectivity index (χ1n) is 14.5. The molecule has 0 bridgehead atoms. The summed E-state index contributed by atoms with van der Waals surface area (Å²) < 4.78 is 2.67. The normalized spacial score (nSPS) is 11.7. The highest BCUT2D eigenvalue weighted by atomic mass is 32.1. The zero-order valence-corrected chi connectivity index (χ0v) is 24.0. The number of benzene rings is 7. The SMILES string of the molecule is c1ccc2cc(-c3nc4ccccc4nc3-c3ccc(-c4cccc5ccc6c7ccccc7sc6c45)cc3)ccc2c1. The molecular formula is C40H24N2S. The fourth-order valence-electron chi connectivity index (χ4n) is 6.34. The molecule has 9 rings (SSSR count). The molecule has 200 valence electrons. The van der Waals surface area contributed by atoms with Gasteiger partial charge in [0.1, 0.15) is 0 Å². The first kappa shape index (κ1) is 24.2. The van der Waals surface area contributed by atoms with Gasteiger partial charge in [-0.25, -0.2) is 9.97 Å². The Hall–Kier alpha value is -5.38. The van der Waals surface area contributed by atoms with E-state index < -0.39 is 0 Å². The minimum atomic E-state index is 0.894. The Labute approximate surface area is 252 Å². The summed E-state index contributed by atoms with van der Waals surface area (Å²) in [6.45, 7) is 0. The van der Waals surface area contributed by atoms with Gasteiger partial charge in [-0.3, -0.25) is 0 Å². The lowest BCUT2D eigenvalue weighted by atomic mass is 9.95. The van der Waals surface area contributed by atoms with Gasteiger partial charge in [0.05, 0.1) is 22.4 Å². The second-order valence-corrected chi connectivity index (χ2v) is 12.0. The molecule has 0 aliphatic rings. The lowest BCUT2D eigenvalue weighted by Gasteiger charge is -2.13. The average molecular weight is 565 g/mol. The van der Waals surface area contributed by atoms with Gasteiger partial charge in [0, 0.05) is 36.7 Å². The molecule has 0 aliphatic carbocycles. The van der Waals surface area contributed by atoms with Crippen LogP contribution < -0.4 is 0 Å². The van der Waals surface area contributed by atoms with Crippen molar-refractivity contribution in [2.75, 3.05) is 0 Å². The number of fused-ring (bicyclic) bond motifs is 7. The van der Waals surface area contributed by atoms with Crippen molar-refractivity contribution in [1.29, 1.82) is 0 Å². The third-order valence-corrected chi connectivity index (χ3v) is 9.65. The van der Waals surface area contributed by atoms with Crippen LogP contribution in [0.4, 0.5) is 0 Å². The van der Waals surface area contributed by atoms with Crippen LogP contribution in [0.1, 0.15) is 0 Å². The van der Waals surface area contributed by atoms with E-state index in [0.717, 1.165) is 33.5 Å². The van der Waals surface area contributed by atoms with Crippen molar-refractivity contribution in [1.82, 2.24) is 9.97 Å². The van der Waals surface area contributed by atoms with Gasteiger partial charge in [-0.1, -0.05) is 121 Å². The van der Waals surface area contributed by atoms with Gasteiger partial charge in [0.15, 0.2) is 0 Å². The molecule has 2 heterocycles. The topological polar surface area (TPSA) is 25.8 Å². The van der Waals surface area contributed by atoms with Gasteiger partial charge in [-0.2, -0.15) is 0 Å². The van der Waals surface area contributed by atoms with E-state index in [2.05, 4.69) is 121 Å². The van der Waals surface area contributed by atoms with Crippen molar-refractivity contribution < 1.29 is 0 Å². The van der Waals surface area contributed by atoms with E-state index in [1.165, 1.54) is 52.8 Å². The molecule has 0 N–H and O–H groups in total. The highest BCUT2D eigenvalue weighted by molar-refractivity contribution is 7.26. The Morgan fingerprint density at radius 1 is 0.419 bits per heavy atom. The van der Waals surface area contributed by atoms with E-state index in [4.69, 9.17) is 9.97 Å². The summed E-state index contributed by atoms with van der Waals surface area (Å²) in [7, 11) is 0. The summed E-state index contributed by atoms with van der Waals surface area (Å²) >= 11 is 1.88. The van der Waals surface area contributed by atoms with Crippen LogP contribution in [0.15, 0.2) is 146 Å². The minimum absolute atomic E-state index is 0.894. The molecule has 0 saturated heterocycles. The van der Waals surface area contributed by atoms with Gasteiger partial charge >= 0.3 is 0 Å². The van der Waals surface area contributed by atoms with Crippen LogP contribution in [0.25, 0.3) is 86.4 Å². The second-order valence-electron chi connectivity index (χ2n) is 11.0. The van der Waals surface area contributed by atoms with Crippen molar-refractivity contribution in [3.63, 3.8) is 0 Å². The summed E-state index contributed by atoms with van der Waals surface area (Å²) in [6.07, 6.45) is 0. The number of aromatic nitrogens is 2. The number of hydrogen-bond acceptors (Lipinski definition) is 3. The standard InChI is InChI=1S/C40H24N2S/c1-2-9-29-24-30(21-16-25(29)8-1)39-38(41-34-13-4-5-14-35(34)42-39)28-19-17-26(18-20-28)31-12-7-10-27-22-23-33-32-11-3-6-15-36(32)43-40(33)37(27)31/h1-24H. The molecule has 2 nitrogen and oxygen atoms in total. The van der Waals surface area contributed by atoms with Crippen molar-refractivity contribution in [2.45, 2.75) is 0 Å². The zero-order valence-electron chi connectivity index (χ0n) is 23.2. The number of nitrogens with zero attached hydrogens (tertiary/aromatic N) is 2. The van der Waals surface area contributed by atoms with E-state index in [1.807, 2.05) is 35.6 Å². The van der Waals surface area contributed by atoms with Crippen LogP contribution in [-0.4, -0.2) is 9.97 Å². The Kier molecular flexibility index (Phi) is 5.40. The minimum Gasteiger partial charge on any atom is -0.244 e. The Morgan fingerprint density at radius 3 is 1.88 bits per heavy atom. The fraction of sp³-hybridized carbons (Fsp3) is 0. The third kappa shape index (κ3) is 3.93. The predicted octanol–water partition coefficient (Wildman–Crippen LogP) is 11.3. The fourth-order valence-corrected chi connectivity index (χ4v) is 7.61. The quantitative estimate of drug-likeness (QED) is 0.213. The van der Waals surface area contributed by atoms with Gasteiger partial charge in [-0.15, -0.1) is 11.3 Å². The van der Waals surface area contributed by atoms with Gasteiger partial charge in [0.25, 0.3) is 0 Å². The van der Waals surface area contributed by atoms with Crippen LogP contribution in [0.5, 0.6) is 0 Å². The first-order valence-corrected chi connectivity index (χ1v) is 15.3. The molecule has 0 aliphatic heterocycles. The molecule has 0 atom stereocenters. The van der Waals surface area contributed by atoms with Crippen LogP contribution in [-0.2, 0) is 0 Å². The van der Waals surface area contributed by atoms with E-state index in [-0.39, 0.29) is 0 Å². The van der Waals surface area contributed by atoms with Crippen LogP contribution in [0, 0.1) is 0 Å². The summed E-state index contributed by atoms with van der Waals surface area (Å²) in [4.78, 5) is 10.3. The van der Waals surface area contributed by atoms with Crippen molar-refractivity contribution in [2.24, 2.45) is 0 Å². The largest absolute Gasteiger partial charge is 0.244 e. The molecule has 0 unspecified atom stereocenters. The maximum absolute atomic E-state index is 5.16. The molecule has 0 amide bonds. The van der Waals surface area contributed by atoms with Crippen LogP contribution in [0.2, 0.25) is 0 Å². The third-order valence-electron chi connectivity index (χ3n) is 8.45. The maximum atomic E-state index is 5.16. The molecule has 0 saturated carbocycles. The number of para-hydroxylation sites is 2. The highest BCUT2D eigenvalue weighted by Crippen LogP contribution is 2.42. The zero-order chi connectivity index (χ0) is 28.3. The van der Waals surface area contributed by atoms with Gasteiger partial charge < -0.3 is 0 Å². The molecule has 43 heavy (non-hydrogen) atoms. The van der Waals surface area contributed by atoms with E-state index >= 15 is 0 Å². The molecule has 2 aromatic heterocycles. The highest BCUT2D eigenvalue weighted by Gasteiger charge is 2.16. The molecule has 0 radical (unpaired) electrons. The lowest BCUT2D eigenvalue weighted by Crippen LogP contribution is -1.95. The van der Waals surface area contributed by atoms with Gasteiger partial charge in [-0.05, 0) is 51.6 Å². The van der Waals surface area contributed by atoms with Gasteiger partial charge in [0.2, 0.25) is 0 Å². The van der Waals surface area contributed by atoms with Crippen molar-refractivity contribution in [3.05, 3.63) is 146 Å². The maximum Gasteiger partial charge on any atom is 0.0973 e. The Balaban J connectivity index is 1.22. The monoisotopic (exact) mass is 564 g/mol. The Morgan fingerprint density at radius 2 is 1.05 bits per heavy atom. The average Bonchev–Trinajstić information content (AvgIpc) is 3.46. The summed E-state index contributed by atoms with van der Waals surface area (Å²) in [5, 5.41) is 7.64. The second kappa shape index (κ2) is 9.59. The van der Waals surface area contributed by atoms with E-state index in [9.17, 15) is 0 Å². The predicted molar refractivity (Wildman–Crippen MR) is 184 cm³/mol. The van der Waals surface area contributed by atoms with Crippen molar-refractivity contribution in [3.8, 4) is 33.6 Å². The first-order chi connectivity index (χ1) is 21.3. The molecule has 0 spiro atoms. The number of rotatable bonds is 3. The van der Waals surface area contributed by atoms with Crippen LogP contribution in [0.3, 0.4) is 0 Å². The summed E-state index contributed by atoms with van der Waals surface area (Å²) in [6, 6.07) is 51.9. The smallest absolute Gasteiger partial charge is 0.0973 e. The molecule has 7 aromatic carbocycles.